The van der Waals surface area contributed by atoms with E-state index in [1.165, 1.54) is 19.3 Å². The Morgan fingerprint density at radius 3 is 2.54 bits per heavy atom. The third kappa shape index (κ3) is 9.05. The molecule has 0 aromatic carbocycles. The molecule has 0 saturated carbocycles. The highest BCUT2D eigenvalue weighted by Crippen LogP contribution is 2.04. The minimum Gasteiger partial charge on any atom is -0.349 e. The van der Waals surface area contributed by atoms with Crippen LogP contribution in [0.1, 0.15) is 45.4 Å². The smallest absolute Gasteiger partial charge is 0.220 e. The molecule has 0 rings (SSSR count). The lowest BCUT2D eigenvalue weighted by atomic mass is 10.1. The summed E-state index contributed by atoms with van der Waals surface area (Å²) in [4.78, 5) is 20.9. The van der Waals surface area contributed by atoms with Crippen LogP contribution in [0.2, 0.25) is 0 Å². The topological polar surface area (TPSA) is 46.2 Å². The molecule has 3 nitrogen and oxygen atoms in total. The van der Waals surface area contributed by atoms with Crippen LogP contribution in [-0.2, 0) is 9.59 Å². The Bertz CT molecular complexity index is 146. The monoisotopic (exact) mass is 185 g/mol. The van der Waals surface area contributed by atoms with Crippen molar-refractivity contribution in [1.82, 2.24) is 5.32 Å². The molecule has 0 aromatic rings. The maximum atomic E-state index is 11.0. The van der Waals surface area contributed by atoms with E-state index in [0.29, 0.717) is 12.7 Å². The molecule has 0 bridgehead atoms. The van der Waals surface area contributed by atoms with E-state index in [2.05, 4.69) is 12.2 Å². The summed E-state index contributed by atoms with van der Waals surface area (Å²) in [6.07, 6.45) is 6.98. The summed E-state index contributed by atoms with van der Waals surface area (Å²) in [6, 6.07) is 0. The molecule has 0 saturated heterocycles. The molecule has 1 amide bonds. The van der Waals surface area contributed by atoms with Crippen LogP contribution in [0, 0.1) is 0 Å². The van der Waals surface area contributed by atoms with Crippen LogP contribution < -0.4 is 5.32 Å². The van der Waals surface area contributed by atoms with Gasteiger partial charge in [-0.2, -0.15) is 0 Å². The standard InChI is InChI=1S/C10H19NO2/c1-2-3-4-5-6-7-10(13)11-8-9-12/h9H,2-8H2,1H3,(H,11,13). The Hall–Kier alpha value is -0.860. The number of hydrogen-bond acceptors (Lipinski definition) is 2. The number of hydrogen-bond donors (Lipinski definition) is 1. The minimum absolute atomic E-state index is 0.0106. The summed E-state index contributed by atoms with van der Waals surface area (Å²) in [5.74, 6) is -0.0106. The maximum absolute atomic E-state index is 11.0. The number of nitrogens with one attached hydrogen (secondary N) is 1. The molecular formula is C10H19NO2. The van der Waals surface area contributed by atoms with Crippen molar-refractivity contribution in [3.63, 3.8) is 0 Å². The molecule has 0 spiro atoms. The van der Waals surface area contributed by atoms with E-state index < -0.39 is 0 Å². The minimum atomic E-state index is -0.0106. The lowest BCUT2D eigenvalue weighted by Crippen LogP contribution is -2.24. The fourth-order valence-corrected chi connectivity index (χ4v) is 1.13. The highest BCUT2D eigenvalue weighted by Gasteiger charge is 1.98. The fourth-order valence-electron chi connectivity index (χ4n) is 1.13. The van der Waals surface area contributed by atoms with Gasteiger partial charge in [0.05, 0.1) is 6.54 Å². The molecule has 0 aliphatic rings. The van der Waals surface area contributed by atoms with Crippen LogP contribution in [0.15, 0.2) is 0 Å². The summed E-state index contributed by atoms with van der Waals surface area (Å²) in [5, 5.41) is 2.52. The molecule has 0 atom stereocenters. The lowest BCUT2D eigenvalue weighted by molar-refractivity contribution is -0.122. The quantitative estimate of drug-likeness (QED) is 0.462. The summed E-state index contributed by atoms with van der Waals surface area (Å²) >= 11 is 0. The highest BCUT2D eigenvalue weighted by molar-refractivity contribution is 5.78. The van der Waals surface area contributed by atoms with Gasteiger partial charge in [0, 0.05) is 6.42 Å². The van der Waals surface area contributed by atoms with E-state index in [-0.39, 0.29) is 12.5 Å². The first-order valence-electron chi connectivity index (χ1n) is 5.01. The van der Waals surface area contributed by atoms with E-state index in [0.717, 1.165) is 12.8 Å². The number of carbonyl (C=O) groups is 2. The first kappa shape index (κ1) is 12.1. The molecule has 0 aromatic heterocycles. The molecule has 0 aliphatic carbocycles. The Labute approximate surface area is 79.9 Å². The van der Waals surface area contributed by atoms with E-state index in [1.54, 1.807) is 0 Å². The molecule has 0 fully saturated rings. The van der Waals surface area contributed by atoms with Crippen molar-refractivity contribution >= 4 is 12.2 Å². The molecule has 13 heavy (non-hydrogen) atoms. The van der Waals surface area contributed by atoms with Gasteiger partial charge in [-0.3, -0.25) is 4.79 Å². The van der Waals surface area contributed by atoms with E-state index >= 15 is 0 Å². The normalized spacial score (nSPS) is 9.62. The van der Waals surface area contributed by atoms with Crippen molar-refractivity contribution in [2.75, 3.05) is 6.54 Å². The van der Waals surface area contributed by atoms with Gasteiger partial charge >= 0.3 is 0 Å². The molecule has 0 aliphatic heterocycles. The number of carbonyl (C=O) groups excluding carboxylic acids is 2. The van der Waals surface area contributed by atoms with Crippen LogP contribution in [0.4, 0.5) is 0 Å². The van der Waals surface area contributed by atoms with Crippen molar-refractivity contribution in [3.05, 3.63) is 0 Å². The Balaban J connectivity index is 3.12. The van der Waals surface area contributed by atoms with Crippen molar-refractivity contribution in [2.45, 2.75) is 45.4 Å². The Morgan fingerprint density at radius 1 is 1.23 bits per heavy atom. The molecule has 3 heteroatoms. The van der Waals surface area contributed by atoms with Gasteiger partial charge in [0.1, 0.15) is 6.29 Å². The summed E-state index contributed by atoms with van der Waals surface area (Å²) in [5.41, 5.74) is 0. The second kappa shape index (κ2) is 9.23. The molecule has 76 valence electrons. The fraction of sp³-hybridized carbons (Fsp3) is 0.800. The summed E-state index contributed by atoms with van der Waals surface area (Å²) < 4.78 is 0. The van der Waals surface area contributed by atoms with Crippen LogP contribution in [0.3, 0.4) is 0 Å². The van der Waals surface area contributed by atoms with Gasteiger partial charge in [-0.25, -0.2) is 0 Å². The maximum Gasteiger partial charge on any atom is 0.220 e. The van der Waals surface area contributed by atoms with Crippen molar-refractivity contribution < 1.29 is 9.59 Å². The molecule has 1 N–H and O–H groups in total. The third-order valence-electron chi connectivity index (χ3n) is 1.89. The number of amides is 1. The zero-order chi connectivity index (χ0) is 9.94. The van der Waals surface area contributed by atoms with Crippen molar-refractivity contribution in [2.24, 2.45) is 0 Å². The second-order valence-corrected chi connectivity index (χ2v) is 3.13. The van der Waals surface area contributed by atoms with Crippen LogP contribution >= 0.6 is 0 Å². The molecule has 0 radical (unpaired) electrons. The van der Waals surface area contributed by atoms with Gasteiger partial charge in [-0.1, -0.05) is 32.6 Å². The van der Waals surface area contributed by atoms with E-state index in [9.17, 15) is 9.59 Å². The van der Waals surface area contributed by atoms with Gasteiger partial charge in [-0.05, 0) is 6.42 Å². The molecular weight excluding hydrogens is 166 g/mol. The predicted molar refractivity (Wildman–Crippen MR) is 52.4 cm³/mol. The predicted octanol–water partition coefficient (Wildman–Crippen LogP) is 1.66. The molecule has 0 unspecified atom stereocenters. The largest absolute Gasteiger partial charge is 0.349 e. The van der Waals surface area contributed by atoms with Crippen molar-refractivity contribution in [1.29, 1.82) is 0 Å². The molecule has 0 heterocycles. The lowest BCUT2D eigenvalue weighted by Gasteiger charge is -2.00. The zero-order valence-corrected chi connectivity index (χ0v) is 8.34. The van der Waals surface area contributed by atoms with Gasteiger partial charge in [0.15, 0.2) is 0 Å². The number of unbranched alkanes of at least 4 members (excludes halogenated alkanes) is 4. The van der Waals surface area contributed by atoms with Crippen LogP contribution in [0.25, 0.3) is 0 Å². The second-order valence-electron chi connectivity index (χ2n) is 3.13. The van der Waals surface area contributed by atoms with Gasteiger partial charge in [-0.15, -0.1) is 0 Å². The number of aldehydes is 1. The SMILES string of the molecule is CCCCCCCC(=O)NCC=O. The van der Waals surface area contributed by atoms with Gasteiger partial charge < -0.3 is 10.1 Å². The van der Waals surface area contributed by atoms with Crippen LogP contribution in [-0.4, -0.2) is 18.7 Å². The van der Waals surface area contributed by atoms with Gasteiger partial charge in [0.25, 0.3) is 0 Å². The number of rotatable bonds is 8. The van der Waals surface area contributed by atoms with E-state index in [1.807, 2.05) is 0 Å². The van der Waals surface area contributed by atoms with E-state index in [4.69, 9.17) is 0 Å². The first-order valence-corrected chi connectivity index (χ1v) is 5.01. The van der Waals surface area contributed by atoms with Crippen molar-refractivity contribution in [3.8, 4) is 0 Å². The average molecular weight is 185 g/mol. The van der Waals surface area contributed by atoms with Crippen LogP contribution in [0.5, 0.6) is 0 Å². The Kier molecular flexibility index (Phi) is 8.62. The first-order chi connectivity index (χ1) is 6.31. The highest BCUT2D eigenvalue weighted by atomic mass is 16.2. The average Bonchev–Trinajstić information content (AvgIpc) is 2.14. The zero-order valence-electron chi connectivity index (χ0n) is 8.34. The van der Waals surface area contributed by atoms with Gasteiger partial charge in [0.2, 0.25) is 5.91 Å². The third-order valence-corrected chi connectivity index (χ3v) is 1.89. The summed E-state index contributed by atoms with van der Waals surface area (Å²) in [7, 11) is 0. The Morgan fingerprint density at radius 2 is 1.92 bits per heavy atom. The summed E-state index contributed by atoms with van der Waals surface area (Å²) in [6.45, 7) is 2.31.